The maximum absolute atomic E-state index is 3.46. The van der Waals surface area contributed by atoms with Crippen molar-refractivity contribution in [3.8, 4) is 0 Å². The highest BCUT2D eigenvalue weighted by atomic mass is 14.9. The van der Waals surface area contributed by atoms with Crippen molar-refractivity contribution in [1.82, 2.24) is 5.32 Å². The molecule has 0 aliphatic heterocycles. The first-order valence-electron chi connectivity index (χ1n) is 7.46. The molecule has 0 radical (unpaired) electrons. The van der Waals surface area contributed by atoms with Crippen LogP contribution >= 0.6 is 0 Å². The predicted molar refractivity (Wildman–Crippen MR) is 72.7 cm³/mol. The summed E-state index contributed by atoms with van der Waals surface area (Å²) in [6.07, 6.45) is 13.0. The van der Waals surface area contributed by atoms with E-state index in [0.29, 0.717) is 0 Å². The molecule has 1 aliphatic rings. The van der Waals surface area contributed by atoms with E-state index in [1.54, 1.807) is 0 Å². The Morgan fingerprint density at radius 3 is 2.31 bits per heavy atom. The largest absolute Gasteiger partial charge is 0.317 e. The molecular formula is C15H31N. The highest BCUT2D eigenvalue weighted by Crippen LogP contribution is 2.35. The van der Waals surface area contributed by atoms with Crippen LogP contribution in [-0.2, 0) is 0 Å². The van der Waals surface area contributed by atoms with Crippen LogP contribution in [0.15, 0.2) is 0 Å². The molecule has 1 N–H and O–H groups in total. The van der Waals surface area contributed by atoms with Gasteiger partial charge in [0.1, 0.15) is 0 Å². The Morgan fingerprint density at radius 2 is 1.69 bits per heavy atom. The average Bonchev–Trinajstić information content (AvgIpc) is 2.65. The molecule has 0 aromatic rings. The van der Waals surface area contributed by atoms with Crippen molar-refractivity contribution in [3.63, 3.8) is 0 Å². The van der Waals surface area contributed by atoms with E-state index in [1.165, 1.54) is 57.8 Å². The predicted octanol–water partition coefficient (Wildman–Crippen LogP) is 4.37. The van der Waals surface area contributed by atoms with E-state index < -0.39 is 0 Å². The van der Waals surface area contributed by atoms with Crippen LogP contribution in [0.2, 0.25) is 0 Å². The monoisotopic (exact) mass is 225 g/mol. The van der Waals surface area contributed by atoms with Gasteiger partial charge in [-0.15, -0.1) is 0 Å². The van der Waals surface area contributed by atoms with E-state index >= 15 is 0 Å². The Kier molecular flexibility index (Phi) is 7.11. The minimum absolute atomic E-state index is 0.796. The van der Waals surface area contributed by atoms with Gasteiger partial charge in [0.15, 0.2) is 0 Å². The van der Waals surface area contributed by atoms with Crippen LogP contribution in [0.4, 0.5) is 0 Å². The quantitative estimate of drug-likeness (QED) is 0.605. The molecule has 1 rings (SSSR count). The summed E-state index contributed by atoms with van der Waals surface area (Å²) in [5.41, 5.74) is 0. The third-order valence-corrected chi connectivity index (χ3v) is 4.53. The van der Waals surface area contributed by atoms with Crippen molar-refractivity contribution in [1.29, 1.82) is 0 Å². The molecule has 0 aromatic heterocycles. The van der Waals surface area contributed by atoms with Crippen molar-refractivity contribution >= 4 is 0 Å². The maximum atomic E-state index is 3.46. The minimum Gasteiger partial charge on any atom is -0.317 e. The number of unbranched alkanes of at least 4 members (excludes halogenated alkanes) is 5. The molecule has 96 valence electrons. The summed E-state index contributed by atoms with van der Waals surface area (Å²) < 4.78 is 0. The van der Waals surface area contributed by atoms with Crippen LogP contribution in [-0.4, -0.2) is 13.1 Å². The lowest BCUT2D eigenvalue weighted by atomic mass is 9.90. The molecule has 0 bridgehead atoms. The van der Waals surface area contributed by atoms with Crippen molar-refractivity contribution in [2.75, 3.05) is 7.05 Å². The zero-order valence-electron chi connectivity index (χ0n) is 11.6. The third kappa shape index (κ3) is 4.45. The summed E-state index contributed by atoms with van der Waals surface area (Å²) >= 11 is 0. The van der Waals surface area contributed by atoms with Crippen molar-refractivity contribution in [2.24, 2.45) is 11.8 Å². The Balaban J connectivity index is 2.01. The molecule has 1 nitrogen and oxygen atoms in total. The fourth-order valence-corrected chi connectivity index (χ4v) is 3.25. The van der Waals surface area contributed by atoms with E-state index in [0.717, 1.165) is 17.9 Å². The molecule has 0 spiro atoms. The molecule has 1 heteroatoms. The molecule has 0 saturated heterocycles. The molecule has 3 atom stereocenters. The first-order valence-corrected chi connectivity index (χ1v) is 7.46. The molecule has 0 heterocycles. The van der Waals surface area contributed by atoms with Gasteiger partial charge in [0.05, 0.1) is 0 Å². The lowest BCUT2D eigenvalue weighted by molar-refractivity contribution is 0.337. The van der Waals surface area contributed by atoms with Crippen molar-refractivity contribution < 1.29 is 0 Å². The smallest absolute Gasteiger partial charge is 0.00924 e. The second-order valence-electron chi connectivity index (χ2n) is 5.65. The number of hydrogen-bond donors (Lipinski definition) is 1. The topological polar surface area (TPSA) is 12.0 Å². The molecule has 1 saturated carbocycles. The van der Waals surface area contributed by atoms with Gasteiger partial charge >= 0.3 is 0 Å². The van der Waals surface area contributed by atoms with Gasteiger partial charge in [0.2, 0.25) is 0 Å². The molecule has 1 aliphatic carbocycles. The second-order valence-corrected chi connectivity index (χ2v) is 5.65. The summed E-state index contributed by atoms with van der Waals surface area (Å²) in [7, 11) is 2.12. The highest BCUT2D eigenvalue weighted by Gasteiger charge is 2.30. The number of hydrogen-bond acceptors (Lipinski definition) is 1. The molecular weight excluding hydrogens is 194 g/mol. The van der Waals surface area contributed by atoms with E-state index in [4.69, 9.17) is 0 Å². The van der Waals surface area contributed by atoms with Gasteiger partial charge in [-0.3, -0.25) is 0 Å². The molecule has 1 fully saturated rings. The summed E-state index contributed by atoms with van der Waals surface area (Å²) in [5, 5.41) is 3.46. The number of rotatable bonds is 8. The fourth-order valence-electron chi connectivity index (χ4n) is 3.25. The van der Waals surface area contributed by atoms with Crippen LogP contribution < -0.4 is 5.32 Å². The zero-order chi connectivity index (χ0) is 11.8. The molecule has 16 heavy (non-hydrogen) atoms. The first-order chi connectivity index (χ1) is 7.79. The van der Waals surface area contributed by atoms with Gasteiger partial charge in [-0.05, 0) is 31.7 Å². The standard InChI is InChI=1S/C15H31N/c1-4-5-6-7-8-9-10-14-11-12-15(16-3)13(14)2/h13-16H,4-12H2,1-3H3. The summed E-state index contributed by atoms with van der Waals surface area (Å²) in [5.74, 6) is 1.91. The Labute approximate surface area is 102 Å². The summed E-state index contributed by atoms with van der Waals surface area (Å²) in [6, 6.07) is 0.796. The third-order valence-electron chi connectivity index (χ3n) is 4.53. The fraction of sp³-hybridized carbons (Fsp3) is 1.00. The van der Waals surface area contributed by atoms with Crippen LogP contribution in [0.25, 0.3) is 0 Å². The van der Waals surface area contributed by atoms with Gasteiger partial charge in [-0.1, -0.05) is 58.8 Å². The van der Waals surface area contributed by atoms with Crippen LogP contribution in [0.5, 0.6) is 0 Å². The molecule has 0 amide bonds. The van der Waals surface area contributed by atoms with Gasteiger partial charge in [0.25, 0.3) is 0 Å². The molecule has 0 aromatic carbocycles. The highest BCUT2D eigenvalue weighted by molar-refractivity contribution is 4.85. The normalized spacial score (nSPS) is 29.8. The molecule has 3 unspecified atom stereocenters. The summed E-state index contributed by atoms with van der Waals surface area (Å²) in [4.78, 5) is 0. The Bertz CT molecular complexity index is 167. The zero-order valence-corrected chi connectivity index (χ0v) is 11.6. The van der Waals surface area contributed by atoms with E-state index in [-0.39, 0.29) is 0 Å². The Hall–Kier alpha value is -0.0400. The lowest BCUT2D eigenvalue weighted by Gasteiger charge is -2.20. The van der Waals surface area contributed by atoms with Crippen molar-refractivity contribution in [3.05, 3.63) is 0 Å². The van der Waals surface area contributed by atoms with E-state index in [1.807, 2.05) is 0 Å². The summed E-state index contributed by atoms with van der Waals surface area (Å²) in [6.45, 7) is 4.73. The lowest BCUT2D eigenvalue weighted by Crippen LogP contribution is -2.29. The van der Waals surface area contributed by atoms with Crippen LogP contribution in [0.3, 0.4) is 0 Å². The van der Waals surface area contributed by atoms with Gasteiger partial charge < -0.3 is 5.32 Å². The van der Waals surface area contributed by atoms with Crippen LogP contribution in [0.1, 0.15) is 71.6 Å². The van der Waals surface area contributed by atoms with E-state index in [9.17, 15) is 0 Å². The first kappa shape index (κ1) is 14.0. The van der Waals surface area contributed by atoms with Gasteiger partial charge in [-0.2, -0.15) is 0 Å². The minimum atomic E-state index is 0.796. The Morgan fingerprint density at radius 1 is 1.00 bits per heavy atom. The van der Waals surface area contributed by atoms with Crippen molar-refractivity contribution in [2.45, 2.75) is 77.7 Å². The van der Waals surface area contributed by atoms with Gasteiger partial charge in [0, 0.05) is 6.04 Å². The number of nitrogens with one attached hydrogen (secondary N) is 1. The van der Waals surface area contributed by atoms with E-state index in [2.05, 4.69) is 26.2 Å². The SMILES string of the molecule is CCCCCCCCC1CCC(NC)C1C. The van der Waals surface area contributed by atoms with Gasteiger partial charge in [-0.25, -0.2) is 0 Å². The van der Waals surface area contributed by atoms with Crippen LogP contribution in [0, 0.1) is 11.8 Å². The maximum Gasteiger partial charge on any atom is 0.00924 e. The second kappa shape index (κ2) is 8.11. The average molecular weight is 225 g/mol.